The van der Waals surface area contributed by atoms with Crippen LogP contribution in [-0.2, 0) is 13.0 Å². The Morgan fingerprint density at radius 2 is 1.86 bits per heavy atom. The highest BCUT2D eigenvalue weighted by Gasteiger charge is 2.06. The van der Waals surface area contributed by atoms with Gasteiger partial charge < -0.3 is 9.67 Å². The Kier molecular flexibility index (Phi) is 3.73. The maximum atomic E-state index is 11.0. The zero-order chi connectivity index (χ0) is 14.7. The van der Waals surface area contributed by atoms with Crippen LogP contribution in [0, 0.1) is 0 Å². The van der Waals surface area contributed by atoms with Gasteiger partial charge in [0.15, 0.2) is 0 Å². The molecule has 1 heterocycles. The van der Waals surface area contributed by atoms with Crippen LogP contribution < -0.4 is 0 Å². The highest BCUT2D eigenvalue weighted by molar-refractivity contribution is 5.93. The van der Waals surface area contributed by atoms with E-state index in [0.29, 0.717) is 5.56 Å². The van der Waals surface area contributed by atoms with Crippen molar-refractivity contribution in [3.63, 3.8) is 0 Å². The Hall–Kier alpha value is -2.55. The number of aromatic carboxylic acids is 1. The van der Waals surface area contributed by atoms with Crippen LogP contribution in [0.5, 0.6) is 0 Å². The molecular weight excluding hydrogens is 262 g/mol. The lowest BCUT2D eigenvalue weighted by molar-refractivity contribution is 0.0697. The second-order valence-corrected chi connectivity index (χ2v) is 5.18. The Labute approximate surface area is 123 Å². The number of hydrogen-bond donors (Lipinski definition) is 1. The van der Waals surface area contributed by atoms with Crippen molar-refractivity contribution in [2.45, 2.75) is 19.4 Å². The van der Waals surface area contributed by atoms with Crippen molar-refractivity contribution >= 4 is 16.9 Å². The lowest BCUT2D eigenvalue weighted by Gasteiger charge is -2.06. The van der Waals surface area contributed by atoms with Gasteiger partial charge in [-0.3, -0.25) is 0 Å². The molecule has 0 aliphatic carbocycles. The predicted octanol–water partition coefficient (Wildman–Crippen LogP) is 3.97. The maximum absolute atomic E-state index is 11.0. The lowest BCUT2D eigenvalue weighted by atomic mass is 10.1. The zero-order valence-electron chi connectivity index (χ0n) is 11.7. The van der Waals surface area contributed by atoms with E-state index in [1.165, 1.54) is 5.56 Å². The smallest absolute Gasteiger partial charge is 0.335 e. The number of aryl methyl sites for hydroxylation is 2. The second-order valence-electron chi connectivity index (χ2n) is 5.18. The standard InChI is InChI=1S/C18H17NO2/c20-18(21)16-8-9-17-15(13-16)10-12-19(17)11-4-7-14-5-2-1-3-6-14/h1-3,5-6,8-10,12-13H,4,7,11H2,(H,20,21). The molecule has 0 amide bonds. The van der Waals surface area contributed by atoms with Crippen LogP contribution in [0.4, 0.5) is 0 Å². The SMILES string of the molecule is O=C(O)c1ccc2c(ccn2CCCc2ccccc2)c1. The van der Waals surface area contributed by atoms with E-state index in [0.717, 1.165) is 30.3 Å². The first kappa shape index (κ1) is 13.4. The van der Waals surface area contributed by atoms with Gasteiger partial charge in [0.25, 0.3) is 0 Å². The number of fused-ring (bicyclic) bond motifs is 1. The minimum Gasteiger partial charge on any atom is -0.478 e. The van der Waals surface area contributed by atoms with E-state index in [9.17, 15) is 4.79 Å². The van der Waals surface area contributed by atoms with Crippen LogP contribution in [0.15, 0.2) is 60.8 Å². The highest BCUT2D eigenvalue weighted by atomic mass is 16.4. The quantitative estimate of drug-likeness (QED) is 0.767. The van der Waals surface area contributed by atoms with E-state index < -0.39 is 5.97 Å². The van der Waals surface area contributed by atoms with Gasteiger partial charge in [-0.25, -0.2) is 4.79 Å². The molecule has 3 heteroatoms. The first-order valence-electron chi connectivity index (χ1n) is 7.10. The normalized spacial score (nSPS) is 10.9. The fourth-order valence-electron chi connectivity index (χ4n) is 2.63. The van der Waals surface area contributed by atoms with Gasteiger partial charge in [-0.1, -0.05) is 30.3 Å². The highest BCUT2D eigenvalue weighted by Crippen LogP contribution is 2.18. The van der Waals surface area contributed by atoms with Gasteiger partial charge in [0.2, 0.25) is 0 Å². The van der Waals surface area contributed by atoms with E-state index >= 15 is 0 Å². The van der Waals surface area contributed by atoms with Crippen molar-refractivity contribution in [3.8, 4) is 0 Å². The lowest BCUT2D eigenvalue weighted by Crippen LogP contribution is -1.99. The van der Waals surface area contributed by atoms with Gasteiger partial charge in [-0.2, -0.15) is 0 Å². The average molecular weight is 279 g/mol. The summed E-state index contributed by atoms with van der Waals surface area (Å²) >= 11 is 0. The minimum absolute atomic E-state index is 0.338. The van der Waals surface area contributed by atoms with E-state index in [1.807, 2.05) is 24.4 Å². The second kappa shape index (κ2) is 5.83. The van der Waals surface area contributed by atoms with E-state index in [-0.39, 0.29) is 0 Å². The molecule has 1 N–H and O–H groups in total. The summed E-state index contributed by atoms with van der Waals surface area (Å²) in [5.41, 5.74) is 2.78. The molecule has 1 aromatic heterocycles. The van der Waals surface area contributed by atoms with Crippen molar-refractivity contribution in [3.05, 3.63) is 71.9 Å². The van der Waals surface area contributed by atoms with Gasteiger partial charge in [0, 0.05) is 23.6 Å². The van der Waals surface area contributed by atoms with Crippen LogP contribution in [0.1, 0.15) is 22.3 Å². The van der Waals surface area contributed by atoms with E-state index in [4.69, 9.17) is 5.11 Å². The molecule has 0 atom stereocenters. The summed E-state index contributed by atoms with van der Waals surface area (Å²) in [6.07, 6.45) is 4.14. The molecule has 0 fully saturated rings. The van der Waals surface area contributed by atoms with Gasteiger partial charge in [0.1, 0.15) is 0 Å². The Balaban J connectivity index is 1.71. The van der Waals surface area contributed by atoms with Crippen molar-refractivity contribution in [2.24, 2.45) is 0 Å². The number of hydrogen-bond acceptors (Lipinski definition) is 1. The maximum Gasteiger partial charge on any atom is 0.335 e. The molecule has 0 saturated carbocycles. The number of benzene rings is 2. The van der Waals surface area contributed by atoms with Gasteiger partial charge >= 0.3 is 5.97 Å². The first-order valence-corrected chi connectivity index (χ1v) is 7.10. The third kappa shape index (κ3) is 2.97. The van der Waals surface area contributed by atoms with Crippen LogP contribution in [0.3, 0.4) is 0 Å². The van der Waals surface area contributed by atoms with Gasteiger partial charge in [-0.15, -0.1) is 0 Å². The molecule has 0 aliphatic heterocycles. The summed E-state index contributed by atoms with van der Waals surface area (Å²) in [5, 5.41) is 9.99. The summed E-state index contributed by atoms with van der Waals surface area (Å²) in [4.78, 5) is 11.0. The number of carboxylic acid groups (broad SMARTS) is 1. The van der Waals surface area contributed by atoms with Crippen LogP contribution in [0.2, 0.25) is 0 Å². The van der Waals surface area contributed by atoms with Gasteiger partial charge in [-0.05, 0) is 42.7 Å². The number of carboxylic acids is 1. The number of carbonyl (C=O) groups is 1. The summed E-state index contributed by atoms with van der Waals surface area (Å²) < 4.78 is 2.18. The average Bonchev–Trinajstić information content (AvgIpc) is 2.91. The molecule has 0 spiro atoms. The molecule has 0 bridgehead atoms. The van der Waals surface area contributed by atoms with E-state index in [2.05, 4.69) is 28.8 Å². The molecule has 3 nitrogen and oxygen atoms in total. The van der Waals surface area contributed by atoms with E-state index in [1.54, 1.807) is 12.1 Å². The van der Waals surface area contributed by atoms with Crippen LogP contribution >= 0.6 is 0 Å². The summed E-state index contributed by atoms with van der Waals surface area (Å²) in [5.74, 6) is -0.881. The monoisotopic (exact) mass is 279 g/mol. The van der Waals surface area contributed by atoms with Crippen molar-refractivity contribution in [2.75, 3.05) is 0 Å². The molecular formula is C18H17NO2. The largest absolute Gasteiger partial charge is 0.478 e. The topological polar surface area (TPSA) is 42.2 Å². The predicted molar refractivity (Wildman–Crippen MR) is 83.7 cm³/mol. The number of rotatable bonds is 5. The summed E-state index contributed by atoms with van der Waals surface area (Å²) in [6, 6.07) is 17.7. The van der Waals surface area contributed by atoms with Crippen molar-refractivity contribution < 1.29 is 9.90 Å². The molecule has 0 radical (unpaired) electrons. The Morgan fingerprint density at radius 1 is 1.05 bits per heavy atom. The Morgan fingerprint density at radius 3 is 2.62 bits per heavy atom. The van der Waals surface area contributed by atoms with Crippen molar-refractivity contribution in [1.82, 2.24) is 4.57 Å². The van der Waals surface area contributed by atoms with Crippen molar-refractivity contribution in [1.29, 1.82) is 0 Å². The molecule has 2 aromatic carbocycles. The molecule has 106 valence electrons. The molecule has 3 aromatic rings. The molecule has 0 unspecified atom stereocenters. The molecule has 21 heavy (non-hydrogen) atoms. The molecule has 3 rings (SSSR count). The zero-order valence-corrected chi connectivity index (χ0v) is 11.7. The Bertz CT molecular complexity index is 759. The fraction of sp³-hybridized carbons (Fsp3) is 0.167. The van der Waals surface area contributed by atoms with Gasteiger partial charge in [0.05, 0.1) is 5.56 Å². The molecule has 0 saturated heterocycles. The number of aromatic nitrogens is 1. The third-order valence-corrected chi connectivity index (χ3v) is 3.73. The third-order valence-electron chi connectivity index (χ3n) is 3.73. The van der Waals surface area contributed by atoms with Crippen LogP contribution in [-0.4, -0.2) is 15.6 Å². The fourth-order valence-corrected chi connectivity index (χ4v) is 2.63. The summed E-state index contributed by atoms with van der Waals surface area (Å²) in [6.45, 7) is 0.935. The summed E-state index contributed by atoms with van der Waals surface area (Å²) in [7, 11) is 0. The first-order chi connectivity index (χ1) is 10.2. The number of nitrogens with zero attached hydrogens (tertiary/aromatic N) is 1. The minimum atomic E-state index is -0.881. The van der Waals surface area contributed by atoms with Crippen LogP contribution in [0.25, 0.3) is 10.9 Å². The molecule has 0 aliphatic rings.